The number of nitrogens with zero attached hydrogens (tertiary/aromatic N) is 2. The maximum Gasteiger partial charge on any atom is 0.241 e. The van der Waals surface area contributed by atoms with E-state index in [1.165, 1.54) is 0 Å². The second-order valence-corrected chi connectivity index (χ2v) is 4.51. The fourth-order valence-corrected chi connectivity index (χ4v) is 1.88. The maximum absolute atomic E-state index is 6.04. The molecule has 96 valence electrons. The monoisotopic (exact) mass is 245 g/mol. The predicted molar refractivity (Wildman–Crippen MR) is 73.0 cm³/mol. The van der Waals surface area contributed by atoms with Crippen LogP contribution in [0.3, 0.4) is 0 Å². The maximum atomic E-state index is 6.04. The van der Waals surface area contributed by atoms with Gasteiger partial charge in [0.2, 0.25) is 5.88 Å². The van der Waals surface area contributed by atoms with Gasteiger partial charge in [-0.3, -0.25) is 0 Å². The zero-order chi connectivity index (χ0) is 13.3. The predicted octanol–water partition coefficient (Wildman–Crippen LogP) is 2.97. The number of nitrogen functional groups attached to an aromatic ring is 1. The molecule has 0 bridgehead atoms. The second-order valence-electron chi connectivity index (χ2n) is 4.51. The van der Waals surface area contributed by atoms with E-state index in [4.69, 9.17) is 10.5 Å². The van der Waals surface area contributed by atoms with Gasteiger partial charge in [0.25, 0.3) is 0 Å². The van der Waals surface area contributed by atoms with Gasteiger partial charge in [-0.2, -0.15) is 5.10 Å². The highest BCUT2D eigenvalue weighted by molar-refractivity contribution is 5.55. The van der Waals surface area contributed by atoms with Crippen LogP contribution < -0.4 is 10.5 Å². The van der Waals surface area contributed by atoms with Crippen molar-refractivity contribution in [3.8, 4) is 11.6 Å². The molecular formula is C14H19N3O. The zero-order valence-corrected chi connectivity index (χ0v) is 11.3. The van der Waals surface area contributed by atoms with Gasteiger partial charge in [0.1, 0.15) is 11.4 Å². The largest absolute Gasteiger partial charge is 0.437 e. The summed E-state index contributed by atoms with van der Waals surface area (Å²) in [4.78, 5) is 0. The molecule has 18 heavy (non-hydrogen) atoms. The Morgan fingerprint density at radius 2 is 2.06 bits per heavy atom. The van der Waals surface area contributed by atoms with Gasteiger partial charge in [-0.15, -0.1) is 0 Å². The minimum Gasteiger partial charge on any atom is -0.437 e. The molecule has 0 saturated carbocycles. The molecule has 0 unspecified atom stereocenters. The standard InChI is InChI=1S/C14H19N3O/c1-5-11-13(15)14(17(4)16-11)18-12-8-9(2)6-7-10(12)3/h6-8H,5,15H2,1-4H3. The number of aromatic nitrogens is 2. The topological polar surface area (TPSA) is 53.1 Å². The van der Waals surface area contributed by atoms with Crippen molar-refractivity contribution in [3.63, 3.8) is 0 Å². The number of aryl methyl sites for hydroxylation is 4. The molecule has 4 heteroatoms. The van der Waals surface area contributed by atoms with Crippen molar-refractivity contribution in [2.75, 3.05) is 5.73 Å². The molecule has 0 atom stereocenters. The summed E-state index contributed by atoms with van der Waals surface area (Å²) in [6.45, 7) is 6.08. The van der Waals surface area contributed by atoms with Crippen LogP contribution in [0, 0.1) is 13.8 Å². The van der Waals surface area contributed by atoms with Crippen LogP contribution in [-0.2, 0) is 13.5 Å². The van der Waals surface area contributed by atoms with E-state index in [1.54, 1.807) is 4.68 Å². The molecule has 1 aromatic heterocycles. The summed E-state index contributed by atoms with van der Waals surface area (Å²) in [5.41, 5.74) is 9.78. The molecular weight excluding hydrogens is 226 g/mol. The lowest BCUT2D eigenvalue weighted by Crippen LogP contribution is -1.98. The molecule has 2 N–H and O–H groups in total. The Labute approximate surface area is 107 Å². The first-order valence-corrected chi connectivity index (χ1v) is 6.09. The highest BCUT2D eigenvalue weighted by atomic mass is 16.5. The average Bonchev–Trinajstić information content (AvgIpc) is 2.61. The molecule has 2 rings (SSSR count). The first kappa shape index (κ1) is 12.5. The van der Waals surface area contributed by atoms with Gasteiger partial charge in [0, 0.05) is 7.05 Å². The van der Waals surface area contributed by atoms with Crippen molar-refractivity contribution in [2.24, 2.45) is 7.05 Å². The average molecular weight is 245 g/mol. The van der Waals surface area contributed by atoms with Crippen molar-refractivity contribution in [1.29, 1.82) is 0 Å². The van der Waals surface area contributed by atoms with E-state index in [2.05, 4.69) is 11.2 Å². The second kappa shape index (κ2) is 4.72. The Morgan fingerprint density at radius 1 is 1.33 bits per heavy atom. The fourth-order valence-electron chi connectivity index (χ4n) is 1.88. The Kier molecular flexibility index (Phi) is 3.28. The summed E-state index contributed by atoms with van der Waals surface area (Å²) in [6.07, 6.45) is 0.801. The first-order valence-electron chi connectivity index (χ1n) is 6.09. The number of hydrogen-bond donors (Lipinski definition) is 1. The van der Waals surface area contributed by atoms with E-state index in [-0.39, 0.29) is 0 Å². The van der Waals surface area contributed by atoms with Crippen molar-refractivity contribution >= 4 is 5.69 Å². The molecule has 0 fully saturated rings. The molecule has 0 aliphatic heterocycles. The third-order valence-corrected chi connectivity index (χ3v) is 2.99. The van der Waals surface area contributed by atoms with Crippen LogP contribution in [-0.4, -0.2) is 9.78 Å². The van der Waals surface area contributed by atoms with Crippen LogP contribution in [0.25, 0.3) is 0 Å². The lowest BCUT2D eigenvalue weighted by molar-refractivity contribution is 0.429. The van der Waals surface area contributed by atoms with Crippen molar-refractivity contribution in [3.05, 3.63) is 35.0 Å². The lowest BCUT2D eigenvalue weighted by Gasteiger charge is -2.10. The number of rotatable bonds is 3. The molecule has 0 amide bonds. The van der Waals surface area contributed by atoms with Gasteiger partial charge >= 0.3 is 0 Å². The van der Waals surface area contributed by atoms with Crippen LogP contribution in [0.4, 0.5) is 5.69 Å². The summed E-state index contributed by atoms with van der Waals surface area (Å²) in [6, 6.07) is 6.11. The minimum absolute atomic E-state index is 0.612. The molecule has 2 aromatic rings. The van der Waals surface area contributed by atoms with E-state index in [1.807, 2.05) is 40.0 Å². The summed E-state index contributed by atoms with van der Waals surface area (Å²) in [7, 11) is 1.84. The number of anilines is 1. The molecule has 0 spiro atoms. The zero-order valence-electron chi connectivity index (χ0n) is 11.3. The molecule has 1 heterocycles. The highest BCUT2D eigenvalue weighted by Gasteiger charge is 2.14. The smallest absolute Gasteiger partial charge is 0.241 e. The van der Waals surface area contributed by atoms with Crippen LogP contribution in [0.5, 0.6) is 11.6 Å². The molecule has 4 nitrogen and oxygen atoms in total. The number of nitrogens with two attached hydrogens (primary N) is 1. The molecule has 0 radical (unpaired) electrons. The van der Waals surface area contributed by atoms with E-state index in [0.29, 0.717) is 11.6 Å². The lowest BCUT2D eigenvalue weighted by atomic mass is 10.1. The van der Waals surface area contributed by atoms with Gasteiger partial charge < -0.3 is 10.5 Å². The van der Waals surface area contributed by atoms with E-state index in [9.17, 15) is 0 Å². The Hall–Kier alpha value is -1.97. The molecule has 0 aliphatic carbocycles. The Balaban J connectivity index is 2.39. The minimum atomic E-state index is 0.612. The summed E-state index contributed by atoms with van der Waals surface area (Å²) in [5.74, 6) is 1.44. The summed E-state index contributed by atoms with van der Waals surface area (Å²) in [5, 5.41) is 4.34. The van der Waals surface area contributed by atoms with Gasteiger partial charge in [0.05, 0.1) is 5.69 Å². The number of ether oxygens (including phenoxy) is 1. The number of hydrogen-bond acceptors (Lipinski definition) is 3. The van der Waals surface area contributed by atoms with Gasteiger partial charge in [0.15, 0.2) is 0 Å². The quantitative estimate of drug-likeness (QED) is 0.904. The van der Waals surface area contributed by atoms with Crippen LogP contribution in [0.2, 0.25) is 0 Å². The third-order valence-electron chi connectivity index (χ3n) is 2.99. The van der Waals surface area contributed by atoms with E-state index in [0.717, 1.165) is 29.0 Å². The molecule has 0 saturated heterocycles. The van der Waals surface area contributed by atoms with E-state index >= 15 is 0 Å². The molecule has 0 aliphatic rings. The number of benzene rings is 1. The highest BCUT2D eigenvalue weighted by Crippen LogP contribution is 2.31. The Bertz CT molecular complexity index is 573. The summed E-state index contributed by atoms with van der Waals surface area (Å²) < 4.78 is 7.60. The van der Waals surface area contributed by atoms with Gasteiger partial charge in [-0.25, -0.2) is 4.68 Å². The van der Waals surface area contributed by atoms with Crippen molar-refractivity contribution in [2.45, 2.75) is 27.2 Å². The van der Waals surface area contributed by atoms with Crippen LogP contribution in [0.1, 0.15) is 23.7 Å². The van der Waals surface area contributed by atoms with Crippen molar-refractivity contribution < 1.29 is 4.74 Å². The van der Waals surface area contributed by atoms with Gasteiger partial charge in [-0.05, 0) is 37.5 Å². The van der Waals surface area contributed by atoms with Crippen molar-refractivity contribution in [1.82, 2.24) is 9.78 Å². The SMILES string of the molecule is CCc1nn(C)c(Oc2cc(C)ccc2C)c1N. The van der Waals surface area contributed by atoms with Gasteiger partial charge in [-0.1, -0.05) is 19.1 Å². The fraction of sp³-hybridized carbons (Fsp3) is 0.357. The summed E-state index contributed by atoms with van der Waals surface area (Å²) >= 11 is 0. The normalized spacial score (nSPS) is 10.7. The Morgan fingerprint density at radius 3 is 2.67 bits per heavy atom. The van der Waals surface area contributed by atoms with E-state index < -0.39 is 0 Å². The van der Waals surface area contributed by atoms with Crippen LogP contribution >= 0.6 is 0 Å². The van der Waals surface area contributed by atoms with Crippen LogP contribution in [0.15, 0.2) is 18.2 Å². The molecule has 1 aromatic carbocycles. The first-order chi connectivity index (χ1) is 8.52. The third kappa shape index (κ3) is 2.18.